The highest BCUT2D eigenvalue weighted by Gasteiger charge is 2.26. The Labute approximate surface area is 356 Å². The highest BCUT2D eigenvalue weighted by Crippen LogP contribution is 2.43. The Kier molecular flexibility index (Phi) is 44.2. The standard InChI is InChI=1S/C48H91O9P/c1-3-5-7-9-11-13-15-17-19-21-22-23-25-27-29-31-33-35-37-39-41-54-44-47(45-56-58(52,53)55-43-46(50)42-49)57-48(51)40-38-36-34-32-30-28-26-24-20-18-16-14-12-10-8-6-4-2/h11,13,17,19,22-23,46-47,49-50H,3-10,12,14-16,18,20-21,24-45H2,1-2H3,(H,52,53)/b13-11-,19-17-,23-22-. The van der Waals surface area contributed by atoms with Crippen LogP contribution in [0.4, 0.5) is 0 Å². The topological polar surface area (TPSA) is 132 Å². The summed E-state index contributed by atoms with van der Waals surface area (Å²) in [5.41, 5.74) is 0. The molecule has 0 aromatic heterocycles. The number of hydrogen-bond acceptors (Lipinski definition) is 8. The van der Waals surface area contributed by atoms with Crippen molar-refractivity contribution in [2.24, 2.45) is 0 Å². The van der Waals surface area contributed by atoms with Gasteiger partial charge in [-0.05, 0) is 51.4 Å². The number of phosphoric acid groups is 1. The number of carbonyl (C=O) groups is 1. The third-order valence-electron chi connectivity index (χ3n) is 10.3. The third kappa shape index (κ3) is 44.2. The molecule has 0 saturated carbocycles. The Balaban J connectivity index is 4.12. The van der Waals surface area contributed by atoms with Crippen molar-refractivity contribution < 1.29 is 43.0 Å². The van der Waals surface area contributed by atoms with E-state index >= 15 is 0 Å². The Morgan fingerprint density at radius 3 is 1.43 bits per heavy atom. The predicted molar refractivity (Wildman–Crippen MR) is 242 cm³/mol. The molecule has 0 aliphatic rings. The van der Waals surface area contributed by atoms with Crippen molar-refractivity contribution in [3.05, 3.63) is 36.5 Å². The monoisotopic (exact) mass is 843 g/mol. The normalized spacial score (nSPS) is 14.2. The van der Waals surface area contributed by atoms with Gasteiger partial charge in [0.15, 0.2) is 0 Å². The molecule has 0 amide bonds. The van der Waals surface area contributed by atoms with E-state index in [0.29, 0.717) is 6.61 Å². The van der Waals surface area contributed by atoms with Gasteiger partial charge in [-0.15, -0.1) is 0 Å². The number of esters is 1. The van der Waals surface area contributed by atoms with Crippen LogP contribution in [0.15, 0.2) is 36.5 Å². The number of aliphatic hydroxyl groups is 2. The second-order valence-electron chi connectivity index (χ2n) is 16.1. The van der Waals surface area contributed by atoms with Crippen molar-refractivity contribution in [1.29, 1.82) is 0 Å². The summed E-state index contributed by atoms with van der Waals surface area (Å²) in [6.45, 7) is 3.50. The largest absolute Gasteiger partial charge is 0.472 e. The maximum atomic E-state index is 12.7. The minimum Gasteiger partial charge on any atom is -0.457 e. The summed E-state index contributed by atoms with van der Waals surface area (Å²) in [5, 5.41) is 18.4. The number of rotatable bonds is 46. The van der Waals surface area contributed by atoms with Crippen LogP contribution >= 0.6 is 7.82 Å². The van der Waals surface area contributed by atoms with E-state index in [-0.39, 0.29) is 25.6 Å². The van der Waals surface area contributed by atoms with Crippen molar-refractivity contribution in [2.75, 3.05) is 33.0 Å². The molecule has 0 rings (SSSR count). The molecule has 3 N–H and O–H groups in total. The second-order valence-corrected chi connectivity index (χ2v) is 17.6. The maximum Gasteiger partial charge on any atom is 0.472 e. The number of unbranched alkanes of at least 4 members (excludes halogenated alkanes) is 26. The molecule has 0 aliphatic heterocycles. The Bertz CT molecular complexity index is 1000. The van der Waals surface area contributed by atoms with Gasteiger partial charge in [-0.3, -0.25) is 13.8 Å². The molecule has 0 spiro atoms. The average Bonchev–Trinajstić information content (AvgIpc) is 3.21. The van der Waals surface area contributed by atoms with Gasteiger partial charge in [-0.2, -0.15) is 0 Å². The molecule has 3 atom stereocenters. The van der Waals surface area contributed by atoms with Gasteiger partial charge in [-0.25, -0.2) is 4.57 Å². The van der Waals surface area contributed by atoms with Gasteiger partial charge < -0.3 is 24.6 Å². The number of ether oxygens (including phenoxy) is 2. The summed E-state index contributed by atoms with van der Waals surface area (Å²) in [7, 11) is -4.52. The summed E-state index contributed by atoms with van der Waals surface area (Å²) < 4.78 is 33.5. The van der Waals surface area contributed by atoms with Gasteiger partial charge in [0.25, 0.3) is 0 Å². The maximum absolute atomic E-state index is 12.7. The van der Waals surface area contributed by atoms with E-state index in [0.717, 1.165) is 57.8 Å². The number of carbonyl (C=O) groups excluding carboxylic acids is 1. The van der Waals surface area contributed by atoms with Crippen LogP contribution in [0, 0.1) is 0 Å². The van der Waals surface area contributed by atoms with Gasteiger partial charge in [0.2, 0.25) is 0 Å². The zero-order valence-corrected chi connectivity index (χ0v) is 38.4. The fourth-order valence-electron chi connectivity index (χ4n) is 6.66. The molecular formula is C48H91O9P. The fraction of sp³-hybridized carbons (Fsp3) is 0.854. The number of phosphoric ester groups is 1. The molecule has 0 bridgehead atoms. The van der Waals surface area contributed by atoms with Crippen LogP contribution in [0.3, 0.4) is 0 Å². The average molecular weight is 843 g/mol. The minimum absolute atomic E-state index is 0.0452. The lowest BCUT2D eigenvalue weighted by molar-refractivity contribution is -0.154. The van der Waals surface area contributed by atoms with Gasteiger partial charge in [0.1, 0.15) is 12.2 Å². The Hall–Kier alpha value is -1.32. The molecule has 58 heavy (non-hydrogen) atoms. The van der Waals surface area contributed by atoms with E-state index in [4.69, 9.17) is 23.6 Å². The zero-order chi connectivity index (χ0) is 42.5. The van der Waals surface area contributed by atoms with Crippen LogP contribution in [-0.4, -0.2) is 66.3 Å². The van der Waals surface area contributed by atoms with Crippen molar-refractivity contribution in [1.82, 2.24) is 0 Å². The Morgan fingerprint density at radius 1 is 0.534 bits per heavy atom. The third-order valence-corrected chi connectivity index (χ3v) is 11.3. The molecule has 10 heteroatoms. The molecule has 9 nitrogen and oxygen atoms in total. The van der Waals surface area contributed by atoms with Gasteiger partial charge in [-0.1, -0.05) is 198 Å². The molecule has 0 radical (unpaired) electrons. The van der Waals surface area contributed by atoms with Crippen molar-refractivity contribution in [3.8, 4) is 0 Å². The van der Waals surface area contributed by atoms with Crippen LogP contribution < -0.4 is 0 Å². The summed E-state index contributed by atoms with van der Waals surface area (Å²) in [5.74, 6) is -0.383. The highest BCUT2D eigenvalue weighted by molar-refractivity contribution is 7.47. The lowest BCUT2D eigenvalue weighted by Crippen LogP contribution is -2.29. The lowest BCUT2D eigenvalue weighted by Gasteiger charge is -2.20. The van der Waals surface area contributed by atoms with Crippen LogP contribution in [-0.2, 0) is 27.9 Å². The number of allylic oxidation sites excluding steroid dienone is 6. The van der Waals surface area contributed by atoms with E-state index in [1.165, 1.54) is 141 Å². The first-order valence-corrected chi connectivity index (χ1v) is 25.5. The van der Waals surface area contributed by atoms with Crippen molar-refractivity contribution >= 4 is 13.8 Å². The SMILES string of the molecule is CCCCC/C=C\C/C=C\C/C=C\CCCCCCCCCOCC(COP(=O)(O)OCC(O)CO)OC(=O)CCCCCCCCCCCCCCCCCCC. The first-order valence-electron chi connectivity index (χ1n) is 24.0. The molecular weight excluding hydrogens is 751 g/mol. The smallest absolute Gasteiger partial charge is 0.457 e. The predicted octanol–water partition coefficient (Wildman–Crippen LogP) is 13.6. The second kappa shape index (κ2) is 45.2. The summed E-state index contributed by atoms with van der Waals surface area (Å²) >= 11 is 0. The molecule has 0 saturated heterocycles. The molecule has 0 aromatic carbocycles. The van der Waals surface area contributed by atoms with E-state index < -0.39 is 33.2 Å². The van der Waals surface area contributed by atoms with Crippen molar-refractivity contribution in [3.63, 3.8) is 0 Å². The number of aliphatic hydroxyl groups excluding tert-OH is 2. The van der Waals surface area contributed by atoms with Gasteiger partial charge in [0, 0.05) is 13.0 Å². The summed E-state index contributed by atoms with van der Waals surface area (Å²) in [6.07, 6.45) is 49.6. The molecule has 0 fully saturated rings. The zero-order valence-electron chi connectivity index (χ0n) is 37.5. The van der Waals surface area contributed by atoms with Crippen LogP contribution in [0.1, 0.15) is 219 Å². The fourth-order valence-corrected chi connectivity index (χ4v) is 7.45. The molecule has 342 valence electrons. The summed E-state index contributed by atoms with van der Waals surface area (Å²) in [4.78, 5) is 22.6. The van der Waals surface area contributed by atoms with Crippen LogP contribution in [0.5, 0.6) is 0 Å². The van der Waals surface area contributed by atoms with E-state index in [1.54, 1.807) is 0 Å². The Morgan fingerprint density at radius 2 is 0.931 bits per heavy atom. The number of hydrogen-bond donors (Lipinski definition) is 3. The van der Waals surface area contributed by atoms with Gasteiger partial charge >= 0.3 is 13.8 Å². The first kappa shape index (κ1) is 56.7. The lowest BCUT2D eigenvalue weighted by atomic mass is 10.0. The molecule has 0 aliphatic carbocycles. The molecule has 0 aromatic rings. The molecule has 3 unspecified atom stereocenters. The summed E-state index contributed by atoms with van der Waals surface area (Å²) in [6, 6.07) is 0. The van der Waals surface area contributed by atoms with E-state index in [9.17, 15) is 19.4 Å². The van der Waals surface area contributed by atoms with Gasteiger partial charge in [0.05, 0.1) is 26.4 Å². The van der Waals surface area contributed by atoms with E-state index in [2.05, 4.69) is 50.3 Å². The van der Waals surface area contributed by atoms with Crippen molar-refractivity contribution in [2.45, 2.75) is 232 Å². The van der Waals surface area contributed by atoms with Crippen LogP contribution in [0.2, 0.25) is 0 Å². The quantitative estimate of drug-likeness (QED) is 0.0237. The van der Waals surface area contributed by atoms with Crippen LogP contribution in [0.25, 0.3) is 0 Å². The molecule has 0 heterocycles. The first-order chi connectivity index (χ1) is 28.3. The van der Waals surface area contributed by atoms with E-state index in [1.807, 2.05) is 0 Å². The highest BCUT2D eigenvalue weighted by atomic mass is 31.2. The minimum atomic E-state index is -4.52.